The summed E-state index contributed by atoms with van der Waals surface area (Å²) in [5, 5.41) is 2.90. The summed E-state index contributed by atoms with van der Waals surface area (Å²) in [5.74, 6) is -0.841. The molecule has 148 valence electrons. The number of hydrogen-bond acceptors (Lipinski definition) is 3. The van der Waals surface area contributed by atoms with Crippen molar-refractivity contribution in [3.05, 3.63) is 99.5 Å². The van der Waals surface area contributed by atoms with Gasteiger partial charge in [-0.2, -0.15) is 0 Å². The SMILES string of the molecule is Cc1ccc(C)c(NC(=O)C(OC(=O)Cc2ccc(Br)cc2)c2ccccc2)c1. The number of carbonyl (C=O) groups excluding carboxylic acids is 2. The number of aryl methyl sites for hydroxylation is 2. The zero-order valence-electron chi connectivity index (χ0n) is 16.3. The third kappa shape index (κ3) is 5.78. The summed E-state index contributed by atoms with van der Waals surface area (Å²) in [6.45, 7) is 3.88. The van der Waals surface area contributed by atoms with Gasteiger partial charge in [0, 0.05) is 15.7 Å². The summed E-state index contributed by atoms with van der Waals surface area (Å²) in [5.41, 5.74) is 4.13. The fourth-order valence-corrected chi connectivity index (χ4v) is 3.18. The number of halogens is 1. The molecule has 0 spiro atoms. The molecule has 0 bridgehead atoms. The van der Waals surface area contributed by atoms with Crippen LogP contribution in [0, 0.1) is 13.8 Å². The fraction of sp³-hybridized carbons (Fsp3) is 0.167. The quantitative estimate of drug-likeness (QED) is 0.501. The zero-order valence-corrected chi connectivity index (χ0v) is 17.9. The lowest BCUT2D eigenvalue weighted by atomic mass is 10.1. The van der Waals surface area contributed by atoms with Crippen molar-refractivity contribution in [1.29, 1.82) is 0 Å². The maximum absolute atomic E-state index is 13.0. The average Bonchev–Trinajstić information content (AvgIpc) is 2.71. The van der Waals surface area contributed by atoms with Gasteiger partial charge in [-0.3, -0.25) is 9.59 Å². The van der Waals surface area contributed by atoms with Gasteiger partial charge >= 0.3 is 5.97 Å². The smallest absolute Gasteiger partial charge is 0.311 e. The number of anilines is 1. The van der Waals surface area contributed by atoms with Crippen LogP contribution in [0.5, 0.6) is 0 Å². The van der Waals surface area contributed by atoms with Crippen molar-refractivity contribution >= 4 is 33.5 Å². The number of esters is 1. The summed E-state index contributed by atoms with van der Waals surface area (Å²) in [6, 6.07) is 22.3. The first-order valence-corrected chi connectivity index (χ1v) is 10.1. The van der Waals surface area contributed by atoms with E-state index in [9.17, 15) is 9.59 Å². The summed E-state index contributed by atoms with van der Waals surface area (Å²) in [4.78, 5) is 25.6. The largest absolute Gasteiger partial charge is 0.447 e. The van der Waals surface area contributed by atoms with Gasteiger partial charge in [-0.1, -0.05) is 70.5 Å². The van der Waals surface area contributed by atoms with Crippen LogP contribution >= 0.6 is 15.9 Å². The molecule has 0 aliphatic rings. The Morgan fingerprint density at radius 1 is 0.966 bits per heavy atom. The first-order valence-electron chi connectivity index (χ1n) is 9.29. The Labute approximate surface area is 179 Å². The molecule has 0 aliphatic heterocycles. The van der Waals surface area contributed by atoms with Gasteiger partial charge in [0.25, 0.3) is 5.91 Å². The Morgan fingerprint density at radius 3 is 2.34 bits per heavy atom. The number of amides is 1. The van der Waals surface area contributed by atoms with Crippen molar-refractivity contribution in [3.8, 4) is 0 Å². The molecule has 0 fully saturated rings. The first kappa shape index (κ1) is 20.8. The minimum Gasteiger partial charge on any atom is -0.447 e. The first-order chi connectivity index (χ1) is 13.9. The van der Waals surface area contributed by atoms with Gasteiger partial charge in [-0.15, -0.1) is 0 Å². The monoisotopic (exact) mass is 451 g/mol. The average molecular weight is 452 g/mol. The van der Waals surface area contributed by atoms with Gasteiger partial charge in [0.15, 0.2) is 0 Å². The number of ether oxygens (including phenoxy) is 1. The second-order valence-corrected chi connectivity index (χ2v) is 7.81. The standard InChI is InChI=1S/C24H22BrNO3/c1-16-8-9-17(2)21(14-16)26-24(28)23(19-6-4-3-5-7-19)29-22(27)15-18-10-12-20(25)13-11-18/h3-14,23H,15H2,1-2H3,(H,26,28). The van der Waals surface area contributed by atoms with Crippen LogP contribution in [0.15, 0.2) is 77.3 Å². The van der Waals surface area contributed by atoms with Crippen LogP contribution in [0.25, 0.3) is 0 Å². The van der Waals surface area contributed by atoms with E-state index in [1.165, 1.54) is 0 Å². The molecule has 0 radical (unpaired) electrons. The molecule has 29 heavy (non-hydrogen) atoms. The van der Waals surface area contributed by atoms with E-state index in [0.29, 0.717) is 11.3 Å². The van der Waals surface area contributed by atoms with Gasteiger partial charge in [-0.05, 0) is 48.7 Å². The molecule has 0 aliphatic carbocycles. The topological polar surface area (TPSA) is 55.4 Å². The van der Waals surface area contributed by atoms with Gasteiger partial charge in [-0.25, -0.2) is 0 Å². The second kappa shape index (κ2) is 9.52. The molecule has 3 aromatic rings. The van der Waals surface area contributed by atoms with Crippen LogP contribution in [0.3, 0.4) is 0 Å². The van der Waals surface area contributed by atoms with E-state index >= 15 is 0 Å². The van der Waals surface area contributed by atoms with Crippen LogP contribution in [0.1, 0.15) is 28.4 Å². The van der Waals surface area contributed by atoms with Gasteiger partial charge < -0.3 is 10.1 Å². The molecule has 0 aromatic heterocycles. The van der Waals surface area contributed by atoms with Crippen molar-refractivity contribution in [2.24, 2.45) is 0 Å². The number of nitrogens with one attached hydrogen (secondary N) is 1. The van der Waals surface area contributed by atoms with Crippen molar-refractivity contribution in [2.75, 3.05) is 5.32 Å². The summed E-state index contributed by atoms with van der Waals surface area (Å²) in [6.07, 6.45) is -0.938. The van der Waals surface area contributed by atoms with Gasteiger partial charge in [0.05, 0.1) is 6.42 Å². The molecule has 1 amide bonds. The van der Waals surface area contributed by atoms with Crippen LogP contribution in [-0.2, 0) is 20.7 Å². The number of benzene rings is 3. The molecule has 0 saturated carbocycles. The summed E-state index contributed by atoms with van der Waals surface area (Å²) >= 11 is 3.37. The van der Waals surface area contributed by atoms with Crippen molar-refractivity contribution in [2.45, 2.75) is 26.4 Å². The zero-order chi connectivity index (χ0) is 20.8. The summed E-state index contributed by atoms with van der Waals surface area (Å²) in [7, 11) is 0. The third-order valence-electron chi connectivity index (χ3n) is 4.50. The number of carbonyl (C=O) groups is 2. The number of hydrogen-bond donors (Lipinski definition) is 1. The van der Waals surface area contributed by atoms with E-state index in [1.807, 2.05) is 74.5 Å². The molecule has 4 nitrogen and oxygen atoms in total. The highest BCUT2D eigenvalue weighted by atomic mass is 79.9. The highest BCUT2D eigenvalue weighted by Gasteiger charge is 2.25. The minimum atomic E-state index is -1.03. The molecule has 5 heteroatoms. The molecular weight excluding hydrogens is 430 g/mol. The van der Waals surface area contributed by atoms with Gasteiger partial charge in [0.1, 0.15) is 0 Å². The molecule has 0 saturated heterocycles. The Morgan fingerprint density at radius 2 is 1.66 bits per heavy atom. The van der Waals surface area contributed by atoms with Crippen molar-refractivity contribution in [3.63, 3.8) is 0 Å². The van der Waals surface area contributed by atoms with Crippen LogP contribution in [0.4, 0.5) is 5.69 Å². The Bertz CT molecular complexity index is 1000. The van der Waals surface area contributed by atoms with E-state index in [-0.39, 0.29) is 12.3 Å². The Hall–Kier alpha value is -2.92. The predicted octanol–water partition coefficient (Wildman–Crippen LogP) is 5.53. The molecular formula is C24H22BrNO3. The molecule has 0 heterocycles. The minimum absolute atomic E-state index is 0.0906. The van der Waals surface area contributed by atoms with E-state index < -0.39 is 12.1 Å². The lowest BCUT2D eigenvalue weighted by molar-refractivity contribution is -0.154. The molecule has 3 aromatic carbocycles. The highest BCUT2D eigenvalue weighted by Crippen LogP contribution is 2.23. The van der Waals surface area contributed by atoms with E-state index in [1.54, 1.807) is 12.1 Å². The van der Waals surface area contributed by atoms with Gasteiger partial charge in [0.2, 0.25) is 6.10 Å². The lowest BCUT2D eigenvalue weighted by Gasteiger charge is -2.19. The van der Waals surface area contributed by atoms with E-state index in [0.717, 1.165) is 21.2 Å². The normalized spacial score (nSPS) is 11.6. The predicted molar refractivity (Wildman–Crippen MR) is 118 cm³/mol. The second-order valence-electron chi connectivity index (χ2n) is 6.89. The Balaban J connectivity index is 1.79. The fourth-order valence-electron chi connectivity index (χ4n) is 2.91. The van der Waals surface area contributed by atoms with E-state index in [2.05, 4.69) is 21.2 Å². The summed E-state index contributed by atoms with van der Waals surface area (Å²) < 4.78 is 6.55. The van der Waals surface area contributed by atoms with Crippen LogP contribution in [0.2, 0.25) is 0 Å². The lowest BCUT2D eigenvalue weighted by Crippen LogP contribution is -2.26. The molecule has 3 rings (SSSR count). The third-order valence-corrected chi connectivity index (χ3v) is 5.03. The van der Waals surface area contributed by atoms with Crippen molar-refractivity contribution in [1.82, 2.24) is 0 Å². The van der Waals surface area contributed by atoms with Crippen LogP contribution < -0.4 is 5.32 Å². The Kier molecular flexibility index (Phi) is 6.83. The maximum atomic E-state index is 13.0. The maximum Gasteiger partial charge on any atom is 0.311 e. The van der Waals surface area contributed by atoms with Crippen molar-refractivity contribution < 1.29 is 14.3 Å². The molecule has 1 unspecified atom stereocenters. The van der Waals surface area contributed by atoms with Crippen LogP contribution in [-0.4, -0.2) is 11.9 Å². The molecule has 1 N–H and O–H groups in total. The van der Waals surface area contributed by atoms with E-state index in [4.69, 9.17) is 4.74 Å². The molecule has 1 atom stereocenters. The number of rotatable bonds is 6. The highest BCUT2D eigenvalue weighted by molar-refractivity contribution is 9.10.